The first-order valence-corrected chi connectivity index (χ1v) is 6.09. The van der Waals surface area contributed by atoms with Crippen molar-refractivity contribution >= 4 is 11.5 Å². The van der Waals surface area contributed by atoms with Crippen LogP contribution >= 0.6 is 0 Å². The minimum atomic E-state index is -0.964. The molecule has 94 valence electrons. The molecule has 2 N–H and O–H groups in total. The number of nitrogens with zero attached hydrogens (tertiary/aromatic N) is 2. The highest BCUT2D eigenvalue weighted by molar-refractivity contribution is 5.93. The lowest BCUT2D eigenvalue weighted by molar-refractivity contribution is 0.0693. The van der Waals surface area contributed by atoms with Gasteiger partial charge in [-0.1, -0.05) is 6.07 Å². The first kappa shape index (κ1) is 11.2. The lowest BCUT2D eigenvalue weighted by atomic mass is 10.1. The van der Waals surface area contributed by atoms with Crippen molar-refractivity contribution in [1.82, 2.24) is 14.7 Å². The van der Waals surface area contributed by atoms with Crippen molar-refractivity contribution in [3.8, 4) is 0 Å². The molecule has 0 spiro atoms. The molecule has 5 nitrogen and oxygen atoms in total. The summed E-state index contributed by atoms with van der Waals surface area (Å²) in [7, 11) is 0. The van der Waals surface area contributed by atoms with E-state index in [-0.39, 0.29) is 5.69 Å². The Balaban J connectivity index is 2.23. The Hall–Kier alpha value is -1.88. The summed E-state index contributed by atoms with van der Waals surface area (Å²) in [5, 5.41) is 12.5. The number of aromatic carboxylic acids is 1. The zero-order valence-electron chi connectivity index (χ0n) is 10.2. The zero-order valence-corrected chi connectivity index (χ0v) is 10.2. The number of carboxylic acids is 1. The Kier molecular flexibility index (Phi) is 2.56. The van der Waals surface area contributed by atoms with E-state index in [4.69, 9.17) is 0 Å². The average molecular weight is 245 g/mol. The number of nitrogens with one attached hydrogen (secondary N) is 1. The molecule has 1 unspecified atom stereocenters. The van der Waals surface area contributed by atoms with E-state index in [2.05, 4.69) is 10.3 Å². The second-order valence-electron chi connectivity index (χ2n) is 4.78. The standard InChI is InChI=1S/C13H15N3O2/c1-8-2-3-10-11(13(17)18)15-12(16(10)7-8)9-4-5-14-6-9/h2-3,7,9,14H,4-6H2,1H3,(H,17,18). The summed E-state index contributed by atoms with van der Waals surface area (Å²) in [5.41, 5.74) is 1.93. The normalized spacial score (nSPS) is 19.5. The fourth-order valence-corrected chi connectivity index (χ4v) is 2.54. The van der Waals surface area contributed by atoms with E-state index in [1.165, 1.54) is 0 Å². The molecule has 3 rings (SSSR count). The van der Waals surface area contributed by atoms with E-state index in [0.717, 1.165) is 30.9 Å². The Labute approximate surface area is 104 Å². The van der Waals surface area contributed by atoms with Gasteiger partial charge in [0.15, 0.2) is 5.69 Å². The van der Waals surface area contributed by atoms with E-state index in [9.17, 15) is 9.90 Å². The number of carbonyl (C=O) groups is 1. The van der Waals surface area contributed by atoms with E-state index in [0.29, 0.717) is 11.4 Å². The van der Waals surface area contributed by atoms with Gasteiger partial charge in [-0.15, -0.1) is 0 Å². The highest BCUT2D eigenvalue weighted by Crippen LogP contribution is 2.25. The van der Waals surface area contributed by atoms with Gasteiger partial charge in [0.25, 0.3) is 0 Å². The smallest absolute Gasteiger partial charge is 0.356 e. The Morgan fingerprint density at radius 2 is 2.39 bits per heavy atom. The van der Waals surface area contributed by atoms with Crippen molar-refractivity contribution < 1.29 is 9.90 Å². The molecule has 0 saturated carbocycles. The summed E-state index contributed by atoms with van der Waals surface area (Å²) in [5.74, 6) is 0.192. The average Bonchev–Trinajstić information content (AvgIpc) is 2.93. The molecule has 0 aromatic carbocycles. The summed E-state index contributed by atoms with van der Waals surface area (Å²) in [6, 6.07) is 3.75. The van der Waals surface area contributed by atoms with Crippen LogP contribution in [0.15, 0.2) is 18.3 Å². The maximum absolute atomic E-state index is 11.2. The van der Waals surface area contributed by atoms with Crippen LogP contribution in [0.3, 0.4) is 0 Å². The fourth-order valence-electron chi connectivity index (χ4n) is 2.54. The van der Waals surface area contributed by atoms with Crippen molar-refractivity contribution in [3.05, 3.63) is 35.4 Å². The van der Waals surface area contributed by atoms with Crippen molar-refractivity contribution in [3.63, 3.8) is 0 Å². The highest BCUT2D eigenvalue weighted by atomic mass is 16.4. The maximum Gasteiger partial charge on any atom is 0.356 e. The van der Waals surface area contributed by atoms with Crippen LogP contribution in [-0.4, -0.2) is 33.6 Å². The fraction of sp³-hybridized carbons (Fsp3) is 0.385. The molecule has 1 fully saturated rings. The van der Waals surface area contributed by atoms with Crippen LogP contribution in [-0.2, 0) is 0 Å². The predicted octanol–water partition coefficient (Wildman–Crippen LogP) is 1.42. The predicted molar refractivity (Wildman–Crippen MR) is 67.1 cm³/mol. The minimum absolute atomic E-state index is 0.150. The number of hydrogen-bond donors (Lipinski definition) is 2. The molecule has 0 aliphatic carbocycles. The summed E-state index contributed by atoms with van der Waals surface area (Å²) in [6.07, 6.45) is 2.97. The first-order chi connectivity index (χ1) is 8.66. The Morgan fingerprint density at radius 3 is 3.06 bits per heavy atom. The number of hydrogen-bond acceptors (Lipinski definition) is 3. The highest BCUT2D eigenvalue weighted by Gasteiger charge is 2.25. The van der Waals surface area contributed by atoms with Gasteiger partial charge in [0.2, 0.25) is 0 Å². The third-order valence-corrected chi connectivity index (χ3v) is 3.44. The third-order valence-electron chi connectivity index (χ3n) is 3.44. The molecule has 0 amide bonds. The second-order valence-corrected chi connectivity index (χ2v) is 4.78. The molecule has 18 heavy (non-hydrogen) atoms. The molecule has 0 radical (unpaired) electrons. The molecule has 1 atom stereocenters. The van der Waals surface area contributed by atoms with Crippen LogP contribution in [0.4, 0.5) is 0 Å². The summed E-state index contributed by atoms with van der Waals surface area (Å²) in [6.45, 7) is 3.83. The Bertz CT molecular complexity index is 612. The van der Waals surface area contributed by atoms with Crippen LogP contribution in [0.25, 0.3) is 5.52 Å². The molecule has 1 saturated heterocycles. The number of rotatable bonds is 2. The number of fused-ring (bicyclic) bond motifs is 1. The molecule has 0 bridgehead atoms. The largest absolute Gasteiger partial charge is 0.476 e. The summed E-state index contributed by atoms with van der Waals surface area (Å²) in [4.78, 5) is 15.6. The molecule has 1 aliphatic heterocycles. The van der Waals surface area contributed by atoms with Crippen molar-refractivity contribution in [2.75, 3.05) is 13.1 Å². The third kappa shape index (κ3) is 1.67. The van der Waals surface area contributed by atoms with Gasteiger partial charge in [0, 0.05) is 18.7 Å². The van der Waals surface area contributed by atoms with E-state index < -0.39 is 5.97 Å². The van der Waals surface area contributed by atoms with Crippen LogP contribution < -0.4 is 5.32 Å². The molecule has 5 heteroatoms. The first-order valence-electron chi connectivity index (χ1n) is 6.09. The van der Waals surface area contributed by atoms with Gasteiger partial charge in [0.05, 0.1) is 5.52 Å². The topological polar surface area (TPSA) is 66.6 Å². The van der Waals surface area contributed by atoms with E-state index in [1.807, 2.05) is 29.7 Å². The van der Waals surface area contributed by atoms with Gasteiger partial charge in [-0.2, -0.15) is 0 Å². The molecule has 2 aromatic heterocycles. The number of pyridine rings is 1. The van der Waals surface area contributed by atoms with Gasteiger partial charge in [-0.3, -0.25) is 0 Å². The van der Waals surface area contributed by atoms with Crippen LogP contribution in [0, 0.1) is 6.92 Å². The zero-order chi connectivity index (χ0) is 12.7. The molecule has 2 aromatic rings. The second kappa shape index (κ2) is 4.10. The van der Waals surface area contributed by atoms with E-state index in [1.54, 1.807) is 0 Å². The number of carboxylic acid groups (broad SMARTS) is 1. The van der Waals surface area contributed by atoms with Crippen molar-refractivity contribution in [2.45, 2.75) is 19.3 Å². The van der Waals surface area contributed by atoms with Crippen molar-refractivity contribution in [2.24, 2.45) is 0 Å². The lowest BCUT2D eigenvalue weighted by Crippen LogP contribution is -2.10. The van der Waals surface area contributed by atoms with Gasteiger partial charge in [-0.25, -0.2) is 9.78 Å². The van der Waals surface area contributed by atoms with Crippen LogP contribution in [0.1, 0.15) is 34.2 Å². The maximum atomic E-state index is 11.2. The quantitative estimate of drug-likeness (QED) is 0.839. The van der Waals surface area contributed by atoms with Gasteiger partial charge in [-0.05, 0) is 31.5 Å². The monoisotopic (exact) mass is 245 g/mol. The van der Waals surface area contributed by atoms with Gasteiger partial charge >= 0.3 is 5.97 Å². The SMILES string of the molecule is Cc1ccc2c(C(=O)O)nc(C3CCNC3)n2c1. The van der Waals surface area contributed by atoms with Gasteiger partial charge in [0.1, 0.15) is 5.82 Å². The van der Waals surface area contributed by atoms with Crippen molar-refractivity contribution in [1.29, 1.82) is 0 Å². The lowest BCUT2D eigenvalue weighted by Gasteiger charge is -2.07. The summed E-state index contributed by atoms with van der Waals surface area (Å²) < 4.78 is 1.93. The van der Waals surface area contributed by atoms with Crippen LogP contribution in [0.2, 0.25) is 0 Å². The molecule has 1 aliphatic rings. The molecular formula is C13H15N3O2. The number of aromatic nitrogens is 2. The Morgan fingerprint density at radius 1 is 1.56 bits per heavy atom. The molecule has 3 heterocycles. The number of imidazole rings is 1. The summed E-state index contributed by atoms with van der Waals surface area (Å²) >= 11 is 0. The molecular weight excluding hydrogens is 230 g/mol. The number of aryl methyl sites for hydroxylation is 1. The van der Waals surface area contributed by atoms with Crippen LogP contribution in [0.5, 0.6) is 0 Å². The minimum Gasteiger partial charge on any atom is -0.476 e. The van der Waals surface area contributed by atoms with E-state index >= 15 is 0 Å². The van der Waals surface area contributed by atoms with Gasteiger partial charge < -0.3 is 14.8 Å².